The molecular weight excluding hydrogens is 869 g/mol. The molecule has 4 heterocycles. The third-order valence-electron chi connectivity index (χ3n) is 12.3. The van der Waals surface area contributed by atoms with Crippen molar-refractivity contribution in [3.05, 3.63) is 151 Å². The fourth-order valence-electron chi connectivity index (χ4n) is 8.92. The van der Waals surface area contributed by atoms with Crippen molar-refractivity contribution in [3.8, 4) is 17.2 Å². The third-order valence-corrected chi connectivity index (χ3v) is 13.2. The lowest BCUT2D eigenvalue weighted by atomic mass is 10.1. The molecule has 1 aliphatic rings. The summed E-state index contributed by atoms with van der Waals surface area (Å²) >= 11 is 0. The Bertz CT molecular complexity index is 3440. The van der Waals surface area contributed by atoms with E-state index < -0.39 is 10.1 Å². The van der Waals surface area contributed by atoms with Crippen molar-refractivity contribution in [1.82, 2.24) is 9.13 Å². The molecule has 0 saturated carbocycles. The first-order valence-electron chi connectivity index (χ1n) is 22.4. The number of allylic oxidation sites excluding steroid dienone is 2. The van der Waals surface area contributed by atoms with E-state index in [1.54, 1.807) is 0 Å². The molecule has 0 spiro atoms. The Hall–Kier alpha value is -7.10. The van der Waals surface area contributed by atoms with Crippen molar-refractivity contribution >= 4 is 76.6 Å². The van der Waals surface area contributed by atoms with Crippen molar-refractivity contribution in [2.24, 2.45) is 14.1 Å². The Morgan fingerprint density at radius 3 is 1.96 bits per heavy atom. The van der Waals surface area contributed by atoms with Crippen LogP contribution >= 0.6 is 0 Å². The standard InChI is InChI=1S/C53H50N4O9S/c1-4-36(30-52-56(22-24-61-26-28-63-37-12-6-5-7-13-37)48-32-42-40-14-8-10-16-44(40)54(2)46(42)34-50(48)65-52)31-53-57(23-25-62-27-29-64-38-18-20-39(21-19-38)67(58,59)60)49-33-43-41-15-9-11-17-45(41)55(3)47(43)35-51(49)66-53/h5-21,30-35H,4,22-29H2,1-3H3/p+1. The fraction of sp³-hybridized carbons (Fsp3) is 0.226. The summed E-state index contributed by atoms with van der Waals surface area (Å²) in [6.45, 7) is 5.42. The normalized spacial score (nSPS) is 13.8. The van der Waals surface area contributed by atoms with Gasteiger partial charge in [0, 0.05) is 77.5 Å². The predicted octanol–water partition coefficient (Wildman–Crippen LogP) is 9.98. The van der Waals surface area contributed by atoms with Crippen LogP contribution in [0.1, 0.15) is 19.2 Å². The lowest BCUT2D eigenvalue weighted by molar-refractivity contribution is -0.679. The zero-order valence-corrected chi connectivity index (χ0v) is 38.4. The molecule has 342 valence electrons. The van der Waals surface area contributed by atoms with E-state index in [0.717, 1.165) is 72.1 Å². The molecule has 1 N–H and O–H groups in total. The average Bonchev–Trinajstić information content (AvgIpc) is 4.03. The fourth-order valence-corrected chi connectivity index (χ4v) is 9.40. The molecule has 0 bridgehead atoms. The van der Waals surface area contributed by atoms with E-state index >= 15 is 0 Å². The van der Waals surface area contributed by atoms with Crippen LogP contribution in [0, 0.1) is 0 Å². The van der Waals surface area contributed by atoms with Gasteiger partial charge in [0.05, 0.1) is 47.5 Å². The number of hydrogen-bond donors (Lipinski definition) is 1. The van der Waals surface area contributed by atoms with Crippen LogP contribution in [-0.4, -0.2) is 68.3 Å². The predicted molar refractivity (Wildman–Crippen MR) is 260 cm³/mol. The summed E-state index contributed by atoms with van der Waals surface area (Å²) in [7, 11) is -0.117. The molecule has 0 atom stereocenters. The monoisotopic (exact) mass is 919 g/mol. The lowest BCUT2D eigenvalue weighted by Crippen LogP contribution is -2.38. The van der Waals surface area contributed by atoms with E-state index in [1.807, 2.05) is 30.3 Å². The summed E-state index contributed by atoms with van der Waals surface area (Å²) in [6.07, 6.45) is 4.87. The van der Waals surface area contributed by atoms with Gasteiger partial charge in [-0.05, 0) is 66.6 Å². The van der Waals surface area contributed by atoms with E-state index in [2.05, 4.69) is 125 Å². The molecule has 13 nitrogen and oxygen atoms in total. The Balaban J connectivity index is 0.943. The molecule has 67 heavy (non-hydrogen) atoms. The number of aromatic nitrogens is 3. The smallest absolute Gasteiger partial charge is 0.374 e. The number of aryl methyl sites for hydroxylation is 2. The van der Waals surface area contributed by atoms with Gasteiger partial charge < -0.3 is 42.1 Å². The quantitative estimate of drug-likeness (QED) is 0.0504. The van der Waals surface area contributed by atoms with Gasteiger partial charge in [-0.25, -0.2) is 0 Å². The first-order valence-corrected chi connectivity index (χ1v) is 23.8. The van der Waals surface area contributed by atoms with Crippen LogP contribution in [0.3, 0.4) is 0 Å². The first-order chi connectivity index (χ1) is 32.6. The molecule has 0 unspecified atom stereocenters. The second-order valence-electron chi connectivity index (χ2n) is 16.4. The molecule has 0 aliphatic carbocycles. The first kappa shape index (κ1) is 43.8. The number of fused-ring (bicyclic) bond motifs is 8. The largest absolute Gasteiger partial charge is 0.491 e. The molecule has 3 aromatic heterocycles. The van der Waals surface area contributed by atoms with Gasteiger partial charge in [0.15, 0.2) is 12.3 Å². The lowest BCUT2D eigenvalue weighted by Gasteiger charge is -2.19. The number of oxazole rings is 1. The highest BCUT2D eigenvalue weighted by atomic mass is 32.2. The van der Waals surface area contributed by atoms with Gasteiger partial charge in [-0.3, -0.25) is 4.55 Å². The SMILES string of the molecule is CCC(=Cc1oc2cc3c(cc2[n+]1CCOCCOc1ccc(S(=O)(=O)O)cc1)c1ccccc1n3C)C=C1Oc2cc3c(cc2N1CCOCCOc1ccccc1)c1ccccc1n3C. The maximum Gasteiger partial charge on any atom is 0.374 e. The minimum atomic E-state index is -4.29. The molecule has 1 aliphatic heterocycles. The number of hydrogen-bond acceptors (Lipinski definition) is 9. The summed E-state index contributed by atoms with van der Waals surface area (Å²) in [6, 6.07) is 40.9. The molecular formula is C53H51N4O9S+. The van der Waals surface area contributed by atoms with Gasteiger partial charge in [0.25, 0.3) is 15.6 Å². The molecule has 14 heteroatoms. The van der Waals surface area contributed by atoms with Crippen molar-refractivity contribution < 1.29 is 45.6 Å². The minimum Gasteiger partial charge on any atom is -0.491 e. The zero-order chi connectivity index (χ0) is 46.1. The number of ether oxygens (including phenoxy) is 5. The van der Waals surface area contributed by atoms with Gasteiger partial charge in [-0.1, -0.05) is 61.5 Å². The number of benzene rings is 6. The average molecular weight is 920 g/mol. The summed E-state index contributed by atoms with van der Waals surface area (Å²) in [5.41, 5.74) is 8.13. The van der Waals surface area contributed by atoms with Crippen LogP contribution in [-0.2, 0) is 40.2 Å². The second-order valence-corrected chi connectivity index (χ2v) is 17.8. The van der Waals surface area contributed by atoms with E-state index in [0.29, 0.717) is 70.1 Å². The second kappa shape index (κ2) is 18.6. The van der Waals surface area contributed by atoms with Crippen molar-refractivity contribution in [2.75, 3.05) is 51.1 Å². The molecule has 6 aromatic carbocycles. The van der Waals surface area contributed by atoms with E-state index in [4.69, 9.17) is 28.1 Å². The number of anilines is 1. The van der Waals surface area contributed by atoms with E-state index in [-0.39, 0.29) is 11.5 Å². The van der Waals surface area contributed by atoms with Crippen LogP contribution in [0.15, 0.2) is 154 Å². The molecule has 10 rings (SSSR count). The highest BCUT2D eigenvalue weighted by molar-refractivity contribution is 7.85. The van der Waals surface area contributed by atoms with Crippen molar-refractivity contribution in [1.29, 1.82) is 0 Å². The third kappa shape index (κ3) is 8.84. The van der Waals surface area contributed by atoms with Crippen molar-refractivity contribution in [3.63, 3.8) is 0 Å². The number of rotatable bonds is 18. The van der Waals surface area contributed by atoms with Gasteiger partial charge in [-0.15, -0.1) is 0 Å². The number of nitrogens with zero attached hydrogens (tertiary/aromatic N) is 4. The Kier molecular flexibility index (Phi) is 12.2. The number of para-hydroxylation sites is 3. The van der Waals surface area contributed by atoms with Crippen LogP contribution < -0.4 is 23.7 Å². The van der Waals surface area contributed by atoms with Gasteiger partial charge in [0.1, 0.15) is 31.3 Å². The van der Waals surface area contributed by atoms with Crippen LogP contribution in [0.2, 0.25) is 0 Å². The van der Waals surface area contributed by atoms with E-state index in [1.165, 1.54) is 29.7 Å². The Morgan fingerprint density at radius 2 is 1.28 bits per heavy atom. The molecule has 0 fully saturated rings. The summed E-state index contributed by atoms with van der Waals surface area (Å²) in [5, 5.41) is 4.63. The Morgan fingerprint density at radius 1 is 0.672 bits per heavy atom. The topological polar surface area (TPSA) is 131 Å². The molecule has 9 aromatic rings. The van der Waals surface area contributed by atoms with Crippen LogP contribution in [0.25, 0.3) is 60.8 Å². The van der Waals surface area contributed by atoms with Gasteiger partial charge in [0.2, 0.25) is 11.5 Å². The molecule has 0 amide bonds. The maximum atomic E-state index is 11.4. The van der Waals surface area contributed by atoms with E-state index in [9.17, 15) is 13.0 Å². The zero-order valence-electron chi connectivity index (χ0n) is 37.6. The molecule has 0 radical (unpaired) electrons. The van der Waals surface area contributed by atoms with Crippen molar-refractivity contribution in [2.45, 2.75) is 24.8 Å². The van der Waals surface area contributed by atoms with Gasteiger partial charge >= 0.3 is 5.89 Å². The van der Waals surface area contributed by atoms with Gasteiger partial charge in [-0.2, -0.15) is 13.0 Å². The minimum absolute atomic E-state index is 0.194. The summed E-state index contributed by atoms with van der Waals surface area (Å²) in [5.74, 6) is 3.43. The highest BCUT2D eigenvalue weighted by Gasteiger charge is 2.29. The maximum absolute atomic E-state index is 11.4. The summed E-state index contributed by atoms with van der Waals surface area (Å²) in [4.78, 5) is 2.00. The Labute approximate surface area is 387 Å². The molecule has 0 saturated heterocycles. The summed E-state index contributed by atoms with van der Waals surface area (Å²) < 4.78 is 76.2. The highest BCUT2D eigenvalue weighted by Crippen LogP contribution is 2.44. The van der Waals surface area contributed by atoms with Crippen LogP contribution in [0.4, 0.5) is 5.69 Å². The van der Waals surface area contributed by atoms with Crippen LogP contribution in [0.5, 0.6) is 17.2 Å².